The predicted molar refractivity (Wildman–Crippen MR) is 98.2 cm³/mol. The molecule has 0 bridgehead atoms. The van der Waals surface area contributed by atoms with Crippen molar-refractivity contribution in [1.82, 2.24) is 5.32 Å². The summed E-state index contributed by atoms with van der Waals surface area (Å²) in [5.74, 6) is 0.458. The van der Waals surface area contributed by atoms with E-state index >= 15 is 0 Å². The van der Waals surface area contributed by atoms with E-state index in [-0.39, 0.29) is 17.4 Å². The minimum absolute atomic E-state index is 0.0198. The van der Waals surface area contributed by atoms with Crippen LogP contribution in [0.1, 0.15) is 24.0 Å². The first-order valence-electron chi connectivity index (χ1n) is 8.78. The summed E-state index contributed by atoms with van der Waals surface area (Å²) in [4.78, 5) is 13.6. The number of amides is 1. The molecule has 1 saturated heterocycles. The number of benzene rings is 2. The second kappa shape index (κ2) is 8.81. The molecule has 0 saturated carbocycles. The lowest BCUT2D eigenvalue weighted by atomic mass is 10.1. The zero-order valence-corrected chi connectivity index (χ0v) is 15.1. The summed E-state index contributed by atoms with van der Waals surface area (Å²) in [5.41, 5.74) is 2.80. The molecule has 2 aromatic carbocycles. The number of methoxy groups -OCH3 is 1. The average molecular weight is 376 g/mol. The van der Waals surface area contributed by atoms with Crippen molar-refractivity contribution < 1.29 is 23.0 Å². The number of alkyl halides is 2. The fraction of sp³-hybridized carbons (Fsp3) is 0.350. The van der Waals surface area contributed by atoms with Crippen molar-refractivity contribution in [2.75, 3.05) is 18.6 Å². The van der Waals surface area contributed by atoms with Crippen LogP contribution in [0, 0.1) is 0 Å². The van der Waals surface area contributed by atoms with Crippen molar-refractivity contribution in [2.24, 2.45) is 0 Å². The number of hydrogen-bond acceptors (Lipinski definition) is 4. The Labute approximate surface area is 156 Å². The average Bonchev–Trinajstić information content (AvgIpc) is 3.08. The first kappa shape index (κ1) is 19.1. The molecular weight excluding hydrogens is 354 g/mol. The minimum Gasteiger partial charge on any atom is -0.493 e. The molecule has 1 amide bonds. The van der Waals surface area contributed by atoms with Crippen molar-refractivity contribution in [3.05, 3.63) is 53.6 Å². The SMILES string of the molecule is COc1ccc(CNCc2ccc(N3CCCC3=O)cc2)cc1OC(F)F. The van der Waals surface area contributed by atoms with Crippen molar-refractivity contribution in [2.45, 2.75) is 32.5 Å². The van der Waals surface area contributed by atoms with Gasteiger partial charge in [-0.15, -0.1) is 0 Å². The van der Waals surface area contributed by atoms with Gasteiger partial charge in [0.15, 0.2) is 11.5 Å². The number of carbonyl (C=O) groups is 1. The van der Waals surface area contributed by atoms with E-state index in [1.165, 1.54) is 7.11 Å². The summed E-state index contributed by atoms with van der Waals surface area (Å²) < 4.78 is 34.5. The van der Waals surface area contributed by atoms with Crippen LogP contribution >= 0.6 is 0 Å². The van der Waals surface area contributed by atoms with Gasteiger partial charge in [-0.2, -0.15) is 8.78 Å². The van der Waals surface area contributed by atoms with Crippen LogP contribution in [-0.2, 0) is 17.9 Å². The molecule has 0 aromatic heterocycles. The van der Waals surface area contributed by atoms with Crippen molar-refractivity contribution in [3.8, 4) is 11.5 Å². The molecule has 2 aromatic rings. The number of ether oxygens (including phenoxy) is 2. The molecule has 144 valence electrons. The van der Waals surface area contributed by atoms with Gasteiger partial charge in [0.25, 0.3) is 0 Å². The van der Waals surface area contributed by atoms with Crippen LogP contribution < -0.4 is 19.7 Å². The molecule has 27 heavy (non-hydrogen) atoms. The second-order valence-electron chi connectivity index (χ2n) is 6.28. The van der Waals surface area contributed by atoms with Gasteiger partial charge >= 0.3 is 6.61 Å². The van der Waals surface area contributed by atoms with E-state index in [9.17, 15) is 13.6 Å². The topological polar surface area (TPSA) is 50.8 Å². The molecule has 0 spiro atoms. The molecule has 1 aliphatic heterocycles. The predicted octanol–water partition coefficient (Wildman–Crippen LogP) is 3.71. The summed E-state index contributed by atoms with van der Waals surface area (Å²) in [5, 5.41) is 3.27. The molecule has 5 nitrogen and oxygen atoms in total. The fourth-order valence-corrected chi connectivity index (χ4v) is 3.09. The highest BCUT2D eigenvalue weighted by atomic mass is 19.3. The molecule has 1 N–H and O–H groups in total. The van der Waals surface area contributed by atoms with Gasteiger partial charge in [-0.1, -0.05) is 18.2 Å². The molecule has 0 unspecified atom stereocenters. The molecule has 1 heterocycles. The van der Waals surface area contributed by atoms with Crippen LogP contribution in [0.25, 0.3) is 0 Å². The van der Waals surface area contributed by atoms with E-state index in [0.29, 0.717) is 19.5 Å². The Hall–Kier alpha value is -2.67. The zero-order chi connectivity index (χ0) is 19.2. The smallest absolute Gasteiger partial charge is 0.387 e. The number of halogens is 2. The van der Waals surface area contributed by atoms with E-state index in [4.69, 9.17) is 4.74 Å². The Morgan fingerprint density at radius 1 is 1.07 bits per heavy atom. The highest BCUT2D eigenvalue weighted by Crippen LogP contribution is 2.29. The fourth-order valence-electron chi connectivity index (χ4n) is 3.09. The Morgan fingerprint density at radius 3 is 2.41 bits per heavy atom. The third-order valence-corrected chi connectivity index (χ3v) is 4.42. The lowest BCUT2D eigenvalue weighted by Crippen LogP contribution is -2.23. The highest BCUT2D eigenvalue weighted by molar-refractivity contribution is 5.95. The van der Waals surface area contributed by atoms with Crippen LogP contribution in [0.5, 0.6) is 11.5 Å². The maximum absolute atomic E-state index is 12.5. The van der Waals surface area contributed by atoms with Gasteiger partial charge in [-0.25, -0.2) is 0 Å². The van der Waals surface area contributed by atoms with Gasteiger partial charge in [-0.3, -0.25) is 4.79 Å². The summed E-state index contributed by atoms with van der Waals surface area (Å²) in [6.45, 7) is -1.01. The quantitative estimate of drug-likeness (QED) is 0.763. The number of carbonyl (C=O) groups excluding carboxylic acids is 1. The van der Waals surface area contributed by atoms with Gasteiger partial charge in [-0.05, 0) is 41.8 Å². The number of rotatable bonds is 8. The van der Waals surface area contributed by atoms with E-state index in [2.05, 4.69) is 10.1 Å². The maximum atomic E-state index is 12.5. The lowest BCUT2D eigenvalue weighted by Gasteiger charge is -2.16. The van der Waals surface area contributed by atoms with Crippen LogP contribution in [-0.4, -0.2) is 26.2 Å². The molecule has 7 heteroatoms. The van der Waals surface area contributed by atoms with Gasteiger partial charge in [0.2, 0.25) is 5.91 Å². The Balaban J connectivity index is 1.55. The van der Waals surface area contributed by atoms with Crippen LogP contribution in [0.2, 0.25) is 0 Å². The third-order valence-electron chi connectivity index (χ3n) is 4.42. The third kappa shape index (κ3) is 4.95. The molecule has 3 rings (SSSR count). The maximum Gasteiger partial charge on any atom is 0.387 e. The summed E-state index contributed by atoms with van der Waals surface area (Å²) in [7, 11) is 1.41. The number of anilines is 1. The Morgan fingerprint density at radius 2 is 1.78 bits per heavy atom. The van der Waals surface area contributed by atoms with E-state index in [0.717, 1.165) is 29.8 Å². The molecule has 0 aliphatic carbocycles. The van der Waals surface area contributed by atoms with Crippen LogP contribution in [0.4, 0.5) is 14.5 Å². The van der Waals surface area contributed by atoms with E-state index < -0.39 is 6.61 Å². The van der Waals surface area contributed by atoms with E-state index in [1.54, 1.807) is 23.1 Å². The van der Waals surface area contributed by atoms with Gasteiger partial charge in [0.1, 0.15) is 0 Å². The Bertz CT molecular complexity index is 781. The lowest BCUT2D eigenvalue weighted by molar-refractivity contribution is -0.117. The normalized spacial score (nSPS) is 14.1. The van der Waals surface area contributed by atoms with Gasteiger partial charge in [0, 0.05) is 31.7 Å². The number of nitrogens with one attached hydrogen (secondary N) is 1. The van der Waals surface area contributed by atoms with Crippen LogP contribution in [0.3, 0.4) is 0 Å². The first-order chi connectivity index (χ1) is 13.1. The standard InChI is InChI=1S/C20H22F2N2O3/c1-26-17-9-6-15(11-18(17)27-20(21)22)13-23-12-14-4-7-16(8-5-14)24-10-2-3-19(24)25/h4-9,11,20,23H,2-3,10,12-13H2,1H3. The molecular formula is C20H22F2N2O3. The summed E-state index contributed by atoms with van der Waals surface area (Å²) in [6.07, 6.45) is 1.52. The molecule has 1 fully saturated rings. The Kier molecular flexibility index (Phi) is 6.24. The molecule has 0 atom stereocenters. The van der Waals surface area contributed by atoms with Gasteiger partial charge in [0.05, 0.1) is 7.11 Å². The van der Waals surface area contributed by atoms with E-state index in [1.807, 2.05) is 24.3 Å². The number of hydrogen-bond donors (Lipinski definition) is 1. The summed E-state index contributed by atoms with van der Waals surface area (Å²) >= 11 is 0. The molecule has 1 aliphatic rings. The highest BCUT2D eigenvalue weighted by Gasteiger charge is 2.21. The second-order valence-corrected chi connectivity index (χ2v) is 6.28. The van der Waals surface area contributed by atoms with Crippen molar-refractivity contribution in [3.63, 3.8) is 0 Å². The van der Waals surface area contributed by atoms with Crippen molar-refractivity contribution >= 4 is 11.6 Å². The van der Waals surface area contributed by atoms with Crippen LogP contribution in [0.15, 0.2) is 42.5 Å². The molecule has 0 radical (unpaired) electrons. The van der Waals surface area contributed by atoms with Crippen molar-refractivity contribution in [1.29, 1.82) is 0 Å². The largest absolute Gasteiger partial charge is 0.493 e. The summed E-state index contributed by atoms with van der Waals surface area (Å²) in [6, 6.07) is 12.8. The zero-order valence-electron chi connectivity index (χ0n) is 15.1. The number of nitrogens with zero attached hydrogens (tertiary/aromatic N) is 1. The monoisotopic (exact) mass is 376 g/mol. The van der Waals surface area contributed by atoms with Gasteiger partial charge < -0.3 is 19.7 Å². The first-order valence-corrected chi connectivity index (χ1v) is 8.78. The minimum atomic E-state index is -2.90.